The third kappa shape index (κ3) is 4.48. The molecule has 0 spiro atoms. The molecule has 1 aromatic carbocycles. The Hall–Kier alpha value is -3.26. The topological polar surface area (TPSA) is 110 Å². The zero-order valence-electron chi connectivity index (χ0n) is 16.8. The third-order valence-corrected chi connectivity index (χ3v) is 6.61. The Labute approximate surface area is 184 Å². The molecular formula is C19H17F4N5O4S. The lowest BCUT2D eigenvalue weighted by Crippen LogP contribution is -2.33. The summed E-state index contributed by atoms with van der Waals surface area (Å²) in [7, 11) is -4.30. The summed E-state index contributed by atoms with van der Waals surface area (Å²) in [6.45, 7) is -2.16. The number of aliphatic hydroxyl groups is 1. The van der Waals surface area contributed by atoms with Crippen LogP contribution in [0.15, 0.2) is 47.8 Å². The zero-order valence-corrected chi connectivity index (χ0v) is 17.6. The van der Waals surface area contributed by atoms with E-state index in [2.05, 4.69) is 10.2 Å². The summed E-state index contributed by atoms with van der Waals surface area (Å²) in [4.78, 5) is 13.7. The molecule has 1 amide bonds. The lowest BCUT2D eigenvalue weighted by molar-refractivity contribution is -0.142. The van der Waals surface area contributed by atoms with E-state index < -0.39 is 51.9 Å². The van der Waals surface area contributed by atoms with Crippen LogP contribution in [0, 0.1) is 5.82 Å². The Morgan fingerprint density at radius 3 is 2.55 bits per heavy atom. The van der Waals surface area contributed by atoms with Crippen LogP contribution in [0.4, 0.5) is 17.6 Å². The monoisotopic (exact) mass is 487 g/mol. The Morgan fingerprint density at radius 1 is 1.18 bits per heavy atom. The number of aliphatic hydroxyl groups excluding tert-OH is 1. The summed E-state index contributed by atoms with van der Waals surface area (Å²) in [6.07, 6.45) is -1.85. The summed E-state index contributed by atoms with van der Waals surface area (Å²) in [5.41, 5.74) is 0.706. The summed E-state index contributed by atoms with van der Waals surface area (Å²) in [6, 6.07) is 5.57. The number of benzene rings is 1. The van der Waals surface area contributed by atoms with Crippen molar-refractivity contribution in [2.45, 2.75) is 36.6 Å². The van der Waals surface area contributed by atoms with Crippen molar-refractivity contribution in [2.24, 2.45) is 0 Å². The van der Waals surface area contributed by atoms with Gasteiger partial charge >= 0.3 is 6.18 Å². The van der Waals surface area contributed by atoms with Crippen LogP contribution in [0.3, 0.4) is 0 Å². The first-order chi connectivity index (χ1) is 15.5. The number of fused-ring (bicyclic) bond motifs is 1. The molecule has 0 radical (unpaired) electrons. The van der Waals surface area contributed by atoms with Crippen LogP contribution < -0.4 is 0 Å². The maximum atomic E-state index is 14.1. The molecule has 0 saturated carbocycles. The number of hydrogen-bond acceptors (Lipinski definition) is 6. The predicted molar refractivity (Wildman–Crippen MR) is 104 cm³/mol. The molecule has 1 aliphatic heterocycles. The van der Waals surface area contributed by atoms with Gasteiger partial charge in [-0.25, -0.2) is 4.39 Å². The first-order valence-corrected chi connectivity index (χ1v) is 11.0. The Balaban J connectivity index is 1.51. The van der Waals surface area contributed by atoms with E-state index >= 15 is 0 Å². The predicted octanol–water partition coefficient (Wildman–Crippen LogP) is 1.64. The van der Waals surface area contributed by atoms with Crippen LogP contribution in [0.5, 0.6) is 0 Å². The van der Waals surface area contributed by atoms with Crippen molar-refractivity contribution < 1.29 is 35.9 Å². The van der Waals surface area contributed by atoms with Gasteiger partial charge in [0.2, 0.25) is 5.91 Å². The van der Waals surface area contributed by atoms with E-state index in [9.17, 15) is 35.9 Å². The molecule has 1 N–H and O–H groups in total. The number of alkyl halides is 3. The molecule has 0 unspecified atom stereocenters. The number of halogens is 4. The number of amides is 1. The highest BCUT2D eigenvalue weighted by Crippen LogP contribution is 2.29. The van der Waals surface area contributed by atoms with Crippen molar-refractivity contribution in [2.75, 3.05) is 6.61 Å². The molecule has 1 aliphatic rings. The van der Waals surface area contributed by atoms with Gasteiger partial charge in [0.25, 0.3) is 10.0 Å². The Bertz CT molecular complexity index is 1280. The standard InChI is InChI=1S/C19H17F4N5O4S/c20-16-4-2-1-3-14(16)15(10-29)18(30)26-6-12-7-28(25-17(12)9-26)33(31,32)13-5-24-27(8-13)11-19(21,22)23/h1-5,7-8,15,29H,6,9-11H2/t15-/m0/s1. The molecule has 0 bridgehead atoms. The second-order valence-electron chi connectivity index (χ2n) is 7.42. The lowest BCUT2D eigenvalue weighted by atomic mass is 9.98. The van der Waals surface area contributed by atoms with Gasteiger partial charge in [-0.1, -0.05) is 18.2 Å². The van der Waals surface area contributed by atoms with Crippen molar-refractivity contribution in [1.82, 2.24) is 23.9 Å². The molecular weight excluding hydrogens is 470 g/mol. The Morgan fingerprint density at radius 2 is 1.91 bits per heavy atom. The molecule has 176 valence electrons. The van der Waals surface area contributed by atoms with Gasteiger partial charge in [0.1, 0.15) is 17.3 Å². The highest BCUT2D eigenvalue weighted by Gasteiger charge is 2.35. The van der Waals surface area contributed by atoms with E-state index in [1.807, 2.05) is 0 Å². The molecule has 14 heteroatoms. The minimum atomic E-state index is -4.56. The van der Waals surface area contributed by atoms with Crippen LogP contribution in [0.2, 0.25) is 0 Å². The van der Waals surface area contributed by atoms with E-state index in [4.69, 9.17) is 0 Å². The minimum absolute atomic E-state index is 0.0258. The van der Waals surface area contributed by atoms with E-state index in [-0.39, 0.29) is 24.3 Å². The van der Waals surface area contributed by atoms with Gasteiger partial charge < -0.3 is 10.0 Å². The first kappa shape index (κ1) is 22.9. The van der Waals surface area contributed by atoms with Crippen LogP contribution in [0.1, 0.15) is 22.7 Å². The molecule has 0 saturated heterocycles. The minimum Gasteiger partial charge on any atom is -0.395 e. The average Bonchev–Trinajstić information content (AvgIpc) is 3.43. The SMILES string of the molecule is O=C([C@@H](CO)c1ccccc1F)N1Cc2cn(S(=O)(=O)c3cnn(CC(F)(F)F)c3)nc2C1. The molecule has 1 atom stereocenters. The summed E-state index contributed by atoms with van der Waals surface area (Å²) in [5, 5.41) is 17.1. The highest BCUT2D eigenvalue weighted by molar-refractivity contribution is 7.89. The molecule has 3 heterocycles. The summed E-state index contributed by atoms with van der Waals surface area (Å²) < 4.78 is 78.1. The van der Waals surface area contributed by atoms with E-state index in [0.29, 0.717) is 14.3 Å². The van der Waals surface area contributed by atoms with E-state index in [0.717, 1.165) is 18.6 Å². The van der Waals surface area contributed by atoms with Crippen LogP contribution in [0.25, 0.3) is 0 Å². The van der Waals surface area contributed by atoms with Crippen molar-refractivity contribution in [3.05, 3.63) is 65.5 Å². The largest absolute Gasteiger partial charge is 0.408 e. The average molecular weight is 487 g/mol. The summed E-state index contributed by atoms with van der Waals surface area (Å²) >= 11 is 0. The van der Waals surface area contributed by atoms with Crippen molar-refractivity contribution in [3.8, 4) is 0 Å². The van der Waals surface area contributed by atoms with Gasteiger partial charge in [-0.15, -0.1) is 0 Å². The maximum absolute atomic E-state index is 14.1. The molecule has 2 aromatic heterocycles. The Kier molecular flexibility index (Phi) is 5.74. The lowest BCUT2D eigenvalue weighted by Gasteiger charge is -2.22. The van der Waals surface area contributed by atoms with Gasteiger partial charge in [-0.3, -0.25) is 9.48 Å². The van der Waals surface area contributed by atoms with Gasteiger partial charge in [0, 0.05) is 30.1 Å². The molecule has 33 heavy (non-hydrogen) atoms. The fourth-order valence-corrected chi connectivity index (χ4v) is 4.67. The maximum Gasteiger partial charge on any atom is 0.408 e. The van der Waals surface area contributed by atoms with Crippen molar-refractivity contribution in [1.29, 1.82) is 0 Å². The highest BCUT2D eigenvalue weighted by atomic mass is 32.2. The van der Waals surface area contributed by atoms with E-state index in [1.165, 1.54) is 23.1 Å². The fraction of sp³-hybridized carbons (Fsp3) is 0.316. The molecule has 9 nitrogen and oxygen atoms in total. The number of hydrogen-bond donors (Lipinski definition) is 1. The fourth-order valence-electron chi connectivity index (χ4n) is 3.55. The molecule has 3 aromatic rings. The van der Waals surface area contributed by atoms with Gasteiger partial charge in [0.05, 0.1) is 31.0 Å². The van der Waals surface area contributed by atoms with Gasteiger partial charge in [0.15, 0.2) is 0 Å². The second kappa shape index (κ2) is 8.26. The number of rotatable bonds is 6. The van der Waals surface area contributed by atoms with Crippen molar-refractivity contribution in [3.63, 3.8) is 0 Å². The molecule has 4 rings (SSSR count). The smallest absolute Gasteiger partial charge is 0.395 e. The third-order valence-electron chi connectivity index (χ3n) is 5.13. The second-order valence-corrected chi connectivity index (χ2v) is 9.21. The van der Waals surface area contributed by atoms with Gasteiger partial charge in [-0.2, -0.15) is 35.9 Å². The van der Waals surface area contributed by atoms with E-state index in [1.54, 1.807) is 6.07 Å². The quantitative estimate of drug-likeness (QED) is 0.530. The number of aromatic nitrogens is 4. The number of carbonyl (C=O) groups is 1. The number of nitrogens with zero attached hydrogens (tertiary/aromatic N) is 5. The van der Waals surface area contributed by atoms with Crippen LogP contribution in [-0.4, -0.2) is 56.1 Å². The first-order valence-electron chi connectivity index (χ1n) is 9.56. The van der Waals surface area contributed by atoms with Crippen molar-refractivity contribution >= 4 is 15.9 Å². The van der Waals surface area contributed by atoms with Crippen LogP contribution >= 0.6 is 0 Å². The van der Waals surface area contributed by atoms with Crippen LogP contribution in [-0.2, 0) is 34.5 Å². The van der Waals surface area contributed by atoms with Gasteiger partial charge in [-0.05, 0) is 6.07 Å². The summed E-state index contributed by atoms with van der Waals surface area (Å²) in [5.74, 6) is -2.32. The number of carbonyl (C=O) groups excluding carboxylic acids is 1. The normalized spacial score (nSPS) is 15.0. The zero-order chi connectivity index (χ0) is 24.0. The molecule has 0 aliphatic carbocycles. The molecule has 0 fully saturated rings.